The fourth-order valence-electron chi connectivity index (χ4n) is 10.9. The van der Waals surface area contributed by atoms with Crippen molar-refractivity contribution >= 4 is 34.6 Å². The van der Waals surface area contributed by atoms with Crippen molar-refractivity contribution in [3.8, 4) is 78.9 Å². The van der Waals surface area contributed by atoms with Crippen LogP contribution in [0.5, 0.6) is 0 Å². The lowest BCUT2D eigenvalue weighted by molar-refractivity contribution is 0.964. The van der Waals surface area contributed by atoms with E-state index in [1.807, 2.05) is 83.8 Å². The first-order chi connectivity index (χ1) is 39.1. The Morgan fingerprint density at radius 2 is 0.487 bits per heavy atom. The van der Waals surface area contributed by atoms with Crippen LogP contribution >= 0.6 is 0 Å². The van der Waals surface area contributed by atoms with Crippen molar-refractivity contribution < 1.29 is 0 Å². The maximum absolute atomic E-state index is 5.51. The Morgan fingerprint density at radius 3 is 0.850 bits per heavy atom. The number of hydrogen-bond donors (Lipinski definition) is 0. The van der Waals surface area contributed by atoms with Crippen LogP contribution in [-0.2, 0) is 0 Å². The zero-order valence-corrected chi connectivity index (χ0v) is 45.7. The van der Waals surface area contributed by atoms with Gasteiger partial charge in [-0.1, -0.05) is 211 Å². The van der Waals surface area contributed by atoms with Gasteiger partial charge in [-0.15, -0.1) is 0 Å². The molecule has 2 heterocycles. The van der Waals surface area contributed by atoms with Gasteiger partial charge in [-0.05, 0) is 140 Å². The Balaban J connectivity index is 1.11. The second-order valence-corrected chi connectivity index (χ2v) is 20.5. The van der Waals surface area contributed by atoms with Gasteiger partial charge in [-0.3, -0.25) is 0 Å². The Bertz CT molecular complexity index is 3990. The summed E-state index contributed by atoms with van der Waals surface area (Å²) in [5.41, 5.74) is 21.0. The Morgan fingerprint density at radius 1 is 0.225 bits per heavy atom. The van der Waals surface area contributed by atoms with Crippen molar-refractivity contribution in [2.45, 2.75) is 41.5 Å². The summed E-state index contributed by atoms with van der Waals surface area (Å²) in [4.78, 5) is 36.6. The van der Waals surface area contributed by atoms with Crippen LogP contribution in [0.15, 0.2) is 243 Å². The Hall–Kier alpha value is -10.2. The van der Waals surface area contributed by atoms with E-state index in [-0.39, 0.29) is 0 Å². The summed E-state index contributed by atoms with van der Waals surface area (Å²) in [6.45, 7) is 13.1. The number of rotatable bonds is 13. The highest BCUT2D eigenvalue weighted by molar-refractivity contribution is 5.86. The summed E-state index contributed by atoms with van der Waals surface area (Å²) in [6, 6.07) is 84.0. The van der Waals surface area contributed by atoms with Gasteiger partial charge in [0, 0.05) is 27.9 Å². The first-order valence-corrected chi connectivity index (χ1v) is 27.0. The molecule has 0 atom stereocenters. The molecule has 0 aliphatic heterocycles. The molecule has 0 bridgehead atoms. The van der Waals surface area contributed by atoms with E-state index in [1.54, 1.807) is 0 Å². The van der Waals surface area contributed by atoms with Crippen LogP contribution in [0.2, 0.25) is 0 Å². The average molecular weight is 1040 g/mol. The summed E-state index contributed by atoms with van der Waals surface area (Å²) >= 11 is 0. The fourth-order valence-corrected chi connectivity index (χ4v) is 10.9. The molecule has 12 aromatic rings. The monoisotopic (exact) mass is 1030 g/mol. The third-order valence-electron chi connectivity index (χ3n) is 14.5. The second kappa shape index (κ2) is 22.0. The molecule has 0 fully saturated rings. The van der Waals surface area contributed by atoms with Crippen LogP contribution in [0.4, 0.5) is 34.6 Å². The molecular weight excluding hydrogens is 977 g/mol. The Kier molecular flexibility index (Phi) is 14.0. The molecule has 0 aliphatic carbocycles. The average Bonchev–Trinajstić information content (AvgIpc) is 3.51. The van der Waals surface area contributed by atoms with Gasteiger partial charge in [0.2, 0.25) is 11.9 Å². The molecule has 0 unspecified atom stereocenters. The molecule has 10 aromatic carbocycles. The molecule has 8 nitrogen and oxygen atoms in total. The van der Waals surface area contributed by atoms with Crippen molar-refractivity contribution in [1.82, 2.24) is 29.9 Å². The number of nitrogens with zero attached hydrogens (tertiary/aromatic N) is 8. The van der Waals surface area contributed by atoms with E-state index in [9.17, 15) is 0 Å². The molecule has 2 aromatic heterocycles. The third-order valence-corrected chi connectivity index (χ3v) is 14.5. The minimum absolute atomic E-state index is 0.330. The van der Waals surface area contributed by atoms with Crippen LogP contribution in [-0.4, -0.2) is 29.9 Å². The topological polar surface area (TPSA) is 83.8 Å². The maximum Gasteiger partial charge on any atom is 0.241 e. The van der Waals surface area contributed by atoms with Crippen LogP contribution < -0.4 is 9.80 Å². The van der Waals surface area contributed by atoms with Gasteiger partial charge in [-0.2, -0.15) is 19.9 Å². The molecule has 8 heteroatoms. The molecule has 0 aliphatic rings. The van der Waals surface area contributed by atoms with Gasteiger partial charge in [0.05, 0.1) is 17.1 Å². The van der Waals surface area contributed by atoms with E-state index in [0.29, 0.717) is 35.2 Å². The summed E-state index contributed by atoms with van der Waals surface area (Å²) in [7, 11) is 0. The Labute approximate surface area is 468 Å². The molecule has 0 N–H and O–H groups in total. The summed E-state index contributed by atoms with van der Waals surface area (Å²) in [5, 5.41) is 0. The number of aromatic nitrogens is 6. The quantitative estimate of drug-likeness (QED) is 0.113. The van der Waals surface area contributed by atoms with Gasteiger partial charge < -0.3 is 4.90 Å². The van der Waals surface area contributed by atoms with E-state index < -0.39 is 0 Å². The normalized spacial score (nSPS) is 11.1. The van der Waals surface area contributed by atoms with E-state index in [0.717, 1.165) is 78.4 Å². The van der Waals surface area contributed by atoms with E-state index >= 15 is 0 Å². The first kappa shape index (κ1) is 50.6. The number of aryl methyl sites for hydroxylation is 6. The van der Waals surface area contributed by atoms with Crippen molar-refractivity contribution in [2.75, 3.05) is 9.80 Å². The molecule has 0 radical (unpaired) electrons. The highest BCUT2D eigenvalue weighted by Crippen LogP contribution is 2.45. The lowest BCUT2D eigenvalue weighted by Gasteiger charge is -2.32. The standard InChI is InChI=1S/C72H58N8/c1-47-40-49(3)65(50(4)41-47)79(66-51(5)42-48(2)43-52(66)6)63-36-38-64(39-37-63)80(71-75-67(57-28-18-10-19-29-57)73-69(77-71)59-34-32-56(33-35-59)53-22-12-7-13-23-53)72-76-68(58-30-20-11-21-31-58)74-70(78-72)62-45-60(54-24-14-8-15-25-54)44-61(46-62)55-26-16-9-17-27-55/h7-46H,1-6H3. The van der Waals surface area contributed by atoms with Crippen molar-refractivity contribution in [1.29, 1.82) is 0 Å². The predicted molar refractivity (Wildman–Crippen MR) is 329 cm³/mol. The number of hydrogen-bond acceptors (Lipinski definition) is 8. The minimum Gasteiger partial charge on any atom is -0.309 e. The van der Waals surface area contributed by atoms with Crippen molar-refractivity contribution in [2.24, 2.45) is 0 Å². The summed E-state index contributed by atoms with van der Waals surface area (Å²) in [5.74, 6) is 2.64. The van der Waals surface area contributed by atoms with Gasteiger partial charge in [-0.25, -0.2) is 14.9 Å². The zero-order chi connectivity index (χ0) is 54.7. The molecule has 80 heavy (non-hydrogen) atoms. The first-order valence-electron chi connectivity index (χ1n) is 27.0. The lowest BCUT2D eigenvalue weighted by Crippen LogP contribution is -2.19. The van der Waals surface area contributed by atoms with E-state index in [4.69, 9.17) is 29.9 Å². The second-order valence-electron chi connectivity index (χ2n) is 20.5. The van der Waals surface area contributed by atoms with Crippen LogP contribution in [0.1, 0.15) is 33.4 Å². The molecule has 0 amide bonds. The lowest BCUT2D eigenvalue weighted by atomic mass is 9.96. The summed E-state index contributed by atoms with van der Waals surface area (Å²) in [6.07, 6.45) is 0. The number of benzene rings is 10. The molecule has 0 saturated heterocycles. The van der Waals surface area contributed by atoms with Crippen LogP contribution in [0.25, 0.3) is 78.9 Å². The molecule has 12 rings (SSSR count). The van der Waals surface area contributed by atoms with Gasteiger partial charge in [0.1, 0.15) is 0 Å². The van der Waals surface area contributed by atoms with Crippen molar-refractivity contribution in [3.63, 3.8) is 0 Å². The van der Waals surface area contributed by atoms with E-state index in [2.05, 4.69) is 210 Å². The highest BCUT2D eigenvalue weighted by Gasteiger charge is 2.27. The maximum atomic E-state index is 5.51. The fraction of sp³-hybridized carbons (Fsp3) is 0.0833. The number of anilines is 6. The minimum atomic E-state index is 0.330. The van der Waals surface area contributed by atoms with Gasteiger partial charge in [0.25, 0.3) is 0 Å². The summed E-state index contributed by atoms with van der Waals surface area (Å²) < 4.78 is 0. The van der Waals surface area contributed by atoms with Crippen LogP contribution in [0, 0.1) is 41.5 Å². The molecule has 0 saturated carbocycles. The highest BCUT2D eigenvalue weighted by atomic mass is 15.4. The smallest absolute Gasteiger partial charge is 0.241 e. The molecular formula is C72H58N8. The van der Waals surface area contributed by atoms with Gasteiger partial charge >= 0.3 is 0 Å². The SMILES string of the molecule is Cc1cc(C)c(N(c2ccc(N(c3nc(-c4ccccc4)nc(-c4ccc(-c5ccccc5)cc4)n3)c3nc(-c4ccccc4)nc(-c4cc(-c5ccccc5)cc(-c5ccccc5)c4)n3)cc2)c2c(C)cc(C)cc2C)c(C)c1. The zero-order valence-electron chi connectivity index (χ0n) is 45.7. The van der Waals surface area contributed by atoms with E-state index in [1.165, 1.54) is 33.4 Å². The third kappa shape index (κ3) is 10.5. The van der Waals surface area contributed by atoms with Crippen LogP contribution in [0.3, 0.4) is 0 Å². The molecule has 0 spiro atoms. The molecule has 386 valence electrons. The predicted octanol–water partition coefficient (Wildman–Crippen LogP) is 18.5. The van der Waals surface area contributed by atoms with Crippen molar-refractivity contribution in [3.05, 3.63) is 276 Å². The van der Waals surface area contributed by atoms with Gasteiger partial charge in [0.15, 0.2) is 23.3 Å². The largest absolute Gasteiger partial charge is 0.309 e.